The molecule has 0 unspecified atom stereocenters. The number of aliphatic carboxylic acids is 1. The largest absolute Gasteiger partial charge is 0.507 e. The molecule has 148 valence electrons. The van der Waals surface area contributed by atoms with Gasteiger partial charge in [0, 0.05) is 11.1 Å². The van der Waals surface area contributed by atoms with Gasteiger partial charge in [-0.3, -0.25) is 9.59 Å². The molecule has 3 aromatic carbocycles. The molecule has 0 atom stereocenters. The Morgan fingerprint density at radius 3 is 2.31 bits per heavy atom. The van der Waals surface area contributed by atoms with Crippen molar-refractivity contribution in [3.05, 3.63) is 75.8 Å². The van der Waals surface area contributed by atoms with Gasteiger partial charge < -0.3 is 14.9 Å². The van der Waals surface area contributed by atoms with Crippen LogP contribution in [0.25, 0.3) is 11.1 Å². The normalized spacial score (nSPS) is 10.6. The SMILES string of the molecule is CC(=O)c1cccc(-c2cc(Oc3c(Cl)cc(CC(=O)O)cc3Cl)ccc2O)c1. The summed E-state index contributed by atoms with van der Waals surface area (Å²) in [5.74, 6) is -0.523. The summed E-state index contributed by atoms with van der Waals surface area (Å²) in [6.45, 7) is 1.47. The average molecular weight is 431 g/mol. The van der Waals surface area contributed by atoms with Gasteiger partial charge in [-0.05, 0) is 54.4 Å². The Balaban J connectivity index is 1.96. The van der Waals surface area contributed by atoms with Crippen LogP contribution in [0.1, 0.15) is 22.8 Å². The first-order valence-electron chi connectivity index (χ1n) is 8.56. The van der Waals surface area contributed by atoms with E-state index in [-0.39, 0.29) is 33.7 Å². The second-order valence-corrected chi connectivity index (χ2v) is 7.19. The Morgan fingerprint density at radius 1 is 1.00 bits per heavy atom. The molecule has 0 spiro atoms. The van der Waals surface area contributed by atoms with Gasteiger partial charge >= 0.3 is 5.97 Å². The van der Waals surface area contributed by atoms with E-state index < -0.39 is 5.97 Å². The Kier molecular flexibility index (Phi) is 6.11. The van der Waals surface area contributed by atoms with E-state index in [1.165, 1.54) is 25.1 Å². The Labute approximate surface area is 177 Å². The zero-order chi connectivity index (χ0) is 21.1. The molecule has 5 nitrogen and oxygen atoms in total. The monoisotopic (exact) mass is 430 g/mol. The number of aromatic hydroxyl groups is 1. The summed E-state index contributed by atoms with van der Waals surface area (Å²) < 4.78 is 5.81. The number of hydrogen-bond acceptors (Lipinski definition) is 4. The van der Waals surface area contributed by atoms with Crippen LogP contribution < -0.4 is 4.74 Å². The number of ketones is 1. The quantitative estimate of drug-likeness (QED) is 0.469. The zero-order valence-electron chi connectivity index (χ0n) is 15.3. The van der Waals surface area contributed by atoms with E-state index in [1.54, 1.807) is 36.4 Å². The number of ether oxygens (including phenoxy) is 1. The molecule has 0 aliphatic heterocycles. The van der Waals surface area contributed by atoms with Gasteiger partial charge in [0.15, 0.2) is 11.5 Å². The number of carbonyl (C=O) groups is 2. The molecule has 0 aliphatic carbocycles. The Hall–Kier alpha value is -3.02. The number of phenolic OH excluding ortho intramolecular Hbond substituents is 1. The summed E-state index contributed by atoms with van der Waals surface area (Å²) in [5.41, 5.74) is 2.09. The van der Waals surface area contributed by atoms with E-state index in [9.17, 15) is 14.7 Å². The van der Waals surface area contributed by atoms with Crippen molar-refractivity contribution in [1.29, 1.82) is 0 Å². The summed E-state index contributed by atoms with van der Waals surface area (Å²) in [5, 5.41) is 19.5. The van der Waals surface area contributed by atoms with Crippen LogP contribution in [0.2, 0.25) is 10.0 Å². The first-order valence-corrected chi connectivity index (χ1v) is 9.32. The number of benzene rings is 3. The predicted octanol–water partition coefficient (Wildman–Crippen LogP) is 5.99. The molecule has 7 heteroatoms. The molecular weight excluding hydrogens is 415 g/mol. The smallest absolute Gasteiger partial charge is 0.307 e. The molecule has 0 fully saturated rings. The van der Waals surface area contributed by atoms with E-state index in [0.717, 1.165) is 0 Å². The van der Waals surface area contributed by atoms with Crippen molar-refractivity contribution in [1.82, 2.24) is 0 Å². The lowest BCUT2D eigenvalue weighted by molar-refractivity contribution is -0.136. The molecule has 0 aliphatic rings. The molecule has 0 amide bonds. The van der Waals surface area contributed by atoms with Crippen molar-refractivity contribution in [3.8, 4) is 28.4 Å². The standard InChI is InChI=1S/C22H16Cl2O5/c1-12(25)14-3-2-4-15(10-14)17-11-16(5-6-20(17)26)29-22-18(23)7-13(8-19(22)24)9-21(27)28/h2-8,10-11,26H,9H2,1H3,(H,27,28). The predicted molar refractivity (Wildman–Crippen MR) is 111 cm³/mol. The molecule has 0 saturated carbocycles. The third-order valence-electron chi connectivity index (χ3n) is 4.18. The zero-order valence-corrected chi connectivity index (χ0v) is 16.8. The highest BCUT2D eigenvalue weighted by atomic mass is 35.5. The lowest BCUT2D eigenvalue weighted by atomic mass is 10.0. The second-order valence-electron chi connectivity index (χ2n) is 6.38. The van der Waals surface area contributed by atoms with E-state index in [2.05, 4.69) is 0 Å². The van der Waals surface area contributed by atoms with Gasteiger partial charge in [0.1, 0.15) is 11.5 Å². The van der Waals surface area contributed by atoms with Crippen molar-refractivity contribution in [3.63, 3.8) is 0 Å². The van der Waals surface area contributed by atoms with Crippen LogP contribution in [-0.2, 0) is 11.2 Å². The number of carbonyl (C=O) groups excluding carboxylic acids is 1. The molecule has 2 N–H and O–H groups in total. The summed E-state index contributed by atoms with van der Waals surface area (Å²) in [6, 6.07) is 14.5. The van der Waals surface area contributed by atoms with Crippen molar-refractivity contribution in [2.75, 3.05) is 0 Å². The van der Waals surface area contributed by atoms with E-state index in [1.807, 2.05) is 0 Å². The number of rotatable bonds is 6. The Morgan fingerprint density at radius 2 is 1.69 bits per heavy atom. The Bertz CT molecular complexity index is 1090. The molecule has 0 heterocycles. The van der Waals surface area contributed by atoms with Crippen LogP contribution in [0.4, 0.5) is 0 Å². The van der Waals surface area contributed by atoms with Crippen LogP contribution >= 0.6 is 23.2 Å². The van der Waals surface area contributed by atoms with Gasteiger partial charge in [-0.2, -0.15) is 0 Å². The average Bonchev–Trinajstić information content (AvgIpc) is 2.65. The van der Waals surface area contributed by atoms with Gasteiger partial charge in [-0.25, -0.2) is 0 Å². The number of carboxylic acids is 1. The summed E-state index contributed by atoms with van der Waals surface area (Å²) >= 11 is 12.4. The first-order chi connectivity index (χ1) is 13.7. The maximum atomic E-state index is 11.6. The maximum absolute atomic E-state index is 11.6. The fourth-order valence-electron chi connectivity index (χ4n) is 2.82. The molecule has 3 rings (SSSR count). The number of Topliss-reactive ketones (excluding diaryl/α,β-unsaturated/α-hetero) is 1. The van der Waals surface area contributed by atoms with Gasteiger partial charge in [-0.15, -0.1) is 0 Å². The van der Waals surface area contributed by atoms with Crippen molar-refractivity contribution >= 4 is 35.0 Å². The highest BCUT2D eigenvalue weighted by Gasteiger charge is 2.14. The van der Waals surface area contributed by atoms with Crippen molar-refractivity contribution < 1.29 is 24.5 Å². The van der Waals surface area contributed by atoms with Gasteiger partial charge in [0.05, 0.1) is 16.5 Å². The lowest BCUT2D eigenvalue weighted by Crippen LogP contribution is -2.00. The van der Waals surface area contributed by atoms with Gasteiger partial charge in [0.2, 0.25) is 0 Å². The van der Waals surface area contributed by atoms with Crippen LogP contribution in [0, 0.1) is 0 Å². The molecule has 0 bridgehead atoms. The second kappa shape index (κ2) is 8.55. The summed E-state index contributed by atoms with van der Waals surface area (Å²) in [4.78, 5) is 22.5. The minimum Gasteiger partial charge on any atom is -0.507 e. The van der Waals surface area contributed by atoms with E-state index >= 15 is 0 Å². The van der Waals surface area contributed by atoms with Gasteiger partial charge in [0.25, 0.3) is 0 Å². The fraction of sp³-hybridized carbons (Fsp3) is 0.0909. The minimum absolute atomic E-state index is 0.0204. The fourth-order valence-corrected chi connectivity index (χ4v) is 3.43. The summed E-state index contributed by atoms with van der Waals surface area (Å²) in [6.07, 6.45) is -0.213. The molecule has 0 radical (unpaired) electrons. The molecular formula is C22H16Cl2O5. The van der Waals surface area contributed by atoms with Crippen LogP contribution in [0.15, 0.2) is 54.6 Å². The number of phenols is 1. The third-order valence-corrected chi connectivity index (χ3v) is 4.74. The highest BCUT2D eigenvalue weighted by molar-refractivity contribution is 6.37. The lowest BCUT2D eigenvalue weighted by Gasteiger charge is -2.13. The van der Waals surface area contributed by atoms with E-state index in [4.69, 9.17) is 33.0 Å². The van der Waals surface area contributed by atoms with Crippen LogP contribution in [-0.4, -0.2) is 22.0 Å². The molecule has 3 aromatic rings. The number of hydrogen-bond donors (Lipinski definition) is 2. The maximum Gasteiger partial charge on any atom is 0.307 e. The third kappa shape index (κ3) is 4.88. The van der Waals surface area contributed by atoms with Crippen molar-refractivity contribution in [2.45, 2.75) is 13.3 Å². The first kappa shape index (κ1) is 20.7. The van der Waals surface area contributed by atoms with Crippen LogP contribution in [0.5, 0.6) is 17.2 Å². The van der Waals surface area contributed by atoms with E-state index in [0.29, 0.717) is 28.0 Å². The van der Waals surface area contributed by atoms with Gasteiger partial charge in [-0.1, -0.05) is 41.4 Å². The number of halogens is 2. The topological polar surface area (TPSA) is 83.8 Å². The summed E-state index contributed by atoms with van der Waals surface area (Å²) in [7, 11) is 0. The van der Waals surface area contributed by atoms with Crippen molar-refractivity contribution in [2.24, 2.45) is 0 Å². The minimum atomic E-state index is -0.998. The molecule has 29 heavy (non-hydrogen) atoms. The number of carboxylic acid groups (broad SMARTS) is 1. The highest BCUT2D eigenvalue weighted by Crippen LogP contribution is 2.40. The van der Waals surface area contributed by atoms with Crippen LogP contribution in [0.3, 0.4) is 0 Å². The molecule has 0 aromatic heterocycles. The molecule has 0 saturated heterocycles.